The Hall–Kier alpha value is -2.59. The van der Waals surface area contributed by atoms with Gasteiger partial charge in [0.15, 0.2) is 0 Å². The van der Waals surface area contributed by atoms with Gasteiger partial charge in [0.25, 0.3) is 5.91 Å². The minimum Gasteiger partial charge on any atom is -0.361 e. The molecule has 0 bridgehead atoms. The van der Waals surface area contributed by atoms with Crippen LogP contribution in [-0.2, 0) is 6.42 Å². The lowest BCUT2D eigenvalue weighted by atomic mass is 9.98. The summed E-state index contributed by atoms with van der Waals surface area (Å²) in [5, 5.41) is 7.73. The molecule has 128 valence electrons. The zero-order valence-electron chi connectivity index (χ0n) is 14.1. The average molecular weight is 355 g/mol. The third-order valence-electron chi connectivity index (χ3n) is 4.11. The first kappa shape index (κ1) is 17.2. The van der Waals surface area contributed by atoms with Crippen LogP contribution in [0.3, 0.4) is 0 Å². The van der Waals surface area contributed by atoms with E-state index in [9.17, 15) is 4.79 Å². The Balaban J connectivity index is 1.96. The maximum absolute atomic E-state index is 12.9. The van der Waals surface area contributed by atoms with Gasteiger partial charge in [0, 0.05) is 5.02 Å². The number of aromatic nitrogens is 1. The van der Waals surface area contributed by atoms with E-state index in [4.69, 9.17) is 16.1 Å². The number of carbonyl (C=O) groups is 1. The molecule has 3 rings (SSSR count). The van der Waals surface area contributed by atoms with E-state index in [1.54, 1.807) is 6.92 Å². The molecule has 0 unspecified atom stereocenters. The molecule has 4 nitrogen and oxygen atoms in total. The Bertz CT molecular complexity index is 857. The Kier molecular flexibility index (Phi) is 5.19. The van der Waals surface area contributed by atoms with Gasteiger partial charge in [-0.15, -0.1) is 0 Å². The van der Waals surface area contributed by atoms with Crippen LogP contribution in [0.4, 0.5) is 0 Å². The fraction of sp³-hybridized carbons (Fsp3) is 0.200. The summed E-state index contributed by atoms with van der Waals surface area (Å²) in [6.07, 6.45) is 0.636. The van der Waals surface area contributed by atoms with Crippen molar-refractivity contribution in [1.82, 2.24) is 10.5 Å². The van der Waals surface area contributed by atoms with E-state index in [-0.39, 0.29) is 11.9 Å². The number of aryl methyl sites for hydroxylation is 2. The first-order valence-electron chi connectivity index (χ1n) is 8.16. The third kappa shape index (κ3) is 3.74. The molecule has 2 aromatic carbocycles. The van der Waals surface area contributed by atoms with Crippen molar-refractivity contribution in [3.63, 3.8) is 0 Å². The zero-order valence-corrected chi connectivity index (χ0v) is 14.9. The van der Waals surface area contributed by atoms with Crippen molar-refractivity contribution >= 4 is 17.5 Å². The second kappa shape index (κ2) is 7.53. The van der Waals surface area contributed by atoms with Crippen molar-refractivity contribution in [2.45, 2.75) is 26.3 Å². The van der Waals surface area contributed by atoms with Gasteiger partial charge in [0.05, 0.1) is 11.7 Å². The predicted molar refractivity (Wildman–Crippen MR) is 97.8 cm³/mol. The molecule has 0 aliphatic rings. The summed E-state index contributed by atoms with van der Waals surface area (Å²) in [6, 6.07) is 17.0. The zero-order chi connectivity index (χ0) is 17.8. The van der Waals surface area contributed by atoms with Gasteiger partial charge in [0.2, 0.25) is 0 Å². The van der Waals surface area contributed by atoms with Crippen molar-refractivity contribution in [1.29, 1.82) is 0 Å². The maximum Gasteiger partial charge on any atom is 0.257 e. The van der Waals surface area contributed by atoms with E-state index in [2.05, 4.69) is 10.5 Å². The molecular weight excluding hydrogens is 336 g/mol. The molecule has 5 heteroatoms. The lowest BCUT2D eigenvalue weighted by molar-refractivity contribution is 0.0940. The number of nitrogens with zero attached hydrogens (tertiary/aromatic N) is 1. The van der Waals surface area contributed by atoms with Crippen LogP contribution in [0.15, 0.2) is 59.1 Å². The molecule has 1 heterocycles. The van der Waals surface area contributed by atoms with Crippen LogP contribution in [0.2, 0.25) is 5.02 Å². The Labute approximate surface area is 151 Å². The lowest BCUT2D eigenvalue weighted by Crippen LogP contribution is -2.30. The smallest absolute Gasteiger partial charge is 0.257 e. The largest absolute Gasteiger partial charge is 0.361 e. The van der Waals surface area contributed by atoms with Gasteiger partial charge in [-0.2, -0.15) is 0 Å². The van der Waals surface area contributed by atoms with Crippen molar-refractivity contribution in [2.24, 2.45) is 0 Å². The van der Waals surface area contributed by atoms with Crippen LogP contribution < -0.4 is 5.32 Å². The third-order valence-corrected chi connectivity index (χ3v) is 4.36. The number of carbonyl (C=O) groups excluding carboxylic acids is 1. The summed E-state index contributed by atoms with van der Waals surface area (Å²) < 4.78 is 5.19. The molecule has 0 aliphatic carbocycles. The summed E-state index contributed by atoms with van der Waals surface area (Å²) in [5.74, 6) is 0.330. The molecule has 0 aliphatic heterocycles. The van der Waals surface area contributed by atoms with Crippen LogP contribution in [0.5, 0.6) is 0 Å². The van der Waals surface area contributed by atoms with Crippen LogP contribution >= 0.6 is 11.6 Å². The van der Waals surface area contributed by atoms with Crippen molar-refractivity contribution < 1.29 is 9.32 Å². The standard InChI is InChI=1S/C20H19ClN2O2/c1-3-17-18(13(2)25-23-17)20(24)22-19(14-7-5-4-6-8-14)15-9-11-16(21)12-10-15/h4-12,19H,3H2,1-2H3,(H,22,24)/t19-/m1/s1. The predicted octanol–water partition coefficient (Wildman–Crippen LogP) is 4.72. The molecule has 0 spiro atoms. The highest BCUT2D eigenvalue weighted by Gasteiger charge is 2.23. The minimum atomic E-state index is -0.287. The highest BCUT2D eigenvalue weighted by molar-refractivity contribution is 6.30. The van der Waals surface area contributed by atoms with E-state index in [0.29, 0.717) is 28.5 Å². The van der Waals surface area contributed by atoms with Gasteiger partial charge in [-0.3, -0.25) is 4.79 Å². The van der Waals surface area contributed by atoms with Crippen molar-refractivity contribution in [2.75, 3.05) is 0 Å². The van der Waals surface area contributed by atoms with Crippen LogP contribution in [0.25, 0.3) is 0 Å². The van der Waals surface area contributed by atoms with Gasteiger partial charge in [0.1, 0.15) is 11.3 Å². The lowest BCUT2D eigenvalue weighted by Gasteiger charge is -2.20. The fourth-order valence-corrected chi connectivity index (χ4v) is 2.94. The van der Waals surface area contributed by atoms with Crippen molar-refractivity contribution in [3.8, 4) is 0 Å². The van der Waals surface area contributed by atoms with Crippen LogP contribution in [0, 0.1) is 6.92 Å². The number of hydrogen-bond donors (Lipinski definition) is 1. The molecule has 0 radical (unpaired) electrons. The number of rotatable bonds is 5. The van der Waals surface area contributed by atoms with Crippen LogP contribution in [-0.4, -0.2) is 11.1 Å². The highest BCUT2D eigenvalue weighted by Crippen LogP contribution is 2.25. The van der Waals surface area contributed by atoms with E-state index in [1.807, 2.05) is 61.5 Å². The summed E-state index contributed by atoms with van der Waals surface area (Å²) in [7, 11) is 0. The molecular formula is C20H19ClN2O2. The van der Waals surface area contributed by atoms with E-state index >= 15 is 0 Å². The van der Waals surface area contributed by atoms with E-state index < -0.39 is 0 Å². The average Bonchev–Trinajstić information content (AvgIpc) is 3.02. The monoisotopic (exact) mass is 354 g/mol. The molecule has 0 fully saturated rings. The Morgan fingerprint density at radius 1 is 1.12 bits per heavy atom. The molecule has 1 aromatic heterocycles. The summed E-state index contributed by atoms with van der Waals surface area (Å²) in [6.45, 7) is 3.70. The number of hydrogen-bond acceptors (Lipinski definition) is 3. The van der Waals surface area contributed by atoms with Gasteiger partial charge >= 0.3 is 0 Å². The van der Waals surface area contributed by atoms with Gasteiger partial charge < -0.3 is 9.84 Å². The van der Waals surface area contributed by atoms with Gasteiger partial charge in [-0.05, 0) is 36.6 Å². The topological polar surface area (TPSA) is 55.1 Å². The Morgan fingerprint density at radius 2 is 1.76 bits per heavy atom. The molecule has 0 saturated heterocycles. The number of benzene rings is 2. The van der Waals surface area contributed by atoms with Gasteiger partial charge in [-0.1, -0.05) is 66.1 Å². The number of nitrogens with one attached hydrogen (secondary N) is 1. The van der Waals surface area contributed by atoms with Gasteiger partial charge in [-0.25, -0.2) is 0 Å². The first-order chi connectivity index (χ1) is 12.1. The SMILES string of the molecule is CCc1noc(C)c1C(=O)N[C@H](c1ccccc1)c1ccc(Cl)cc1. The summed E-state index contributed by atoms with van der Waals surface area (Å²) in [4.78, 5) is 12.9. The molecule has 1 amide bonds. The second-order valence-electron chi connectivity index (χ2n) is 5.78. The molecule has 3 aromatic rings. The minimum absolute atomic E-state index is 0.195. The van der Waals surface area contributed by atoms with Crippen LogP contribution in [0.1, 0.15) is 45.9 Å². The highest BCUT2D eigenvalue weighted by atomic mass is 35.5. The Morgan fingerprint density at radius 3 is 2.40 bits per heavy atom. The number of halogens is 1. The molecule has 0 saturated carbocycles. The first-order valence-corrected chi connectivity index (χ1v) is 8.54. The molecule has 25 heavy (non-hydrogen) atoms. The van der Waals surface area contributed by atoms with Crippen molar-refractivity contribution in [3.05, 3.63) is 87.8 Å². The summed E-state index contributed by atoms with van der Waals surface area (Å²) in [5.41, 5.74) is 3.12. The van der Waals surface area contributed by atoms with E-state index in [1.165, 1.54) is 0 Å². The maximum atomic E-state index is 12.9. The molecule has 1 atom stereocenters. The number of amides is 1. The normalized spacial score (nSPS) is 12.0. The summed E-state index contributed by atoms with van der Waals surface area (Å²) >= 11 is 6.00. The fourth-order valence-electron chi connectivity index (χ4n) is 2.81. The second-order valence-corrected chi connectivity index (χ2v) is 6.22. The van der Waals surface area contributed by atoms with E-state index in [0.717, 1.165) is 11.1 Å². The quantitative estimate of drug-likeness (QED) is 0.721. The molecule has 1 N–H and O–H groups in total.